The summed E-state index contributed by atoms with van der Waals surface area (Å²) in [6.45, 7) is 19.4. The fourth-order valence-electron chi connectivity index (χ4n) is 4.05. The summed E-state index contributed by atoms with van der Waals surface area (Å²) in [4.78, 5) is 0. The van der Waals surface area contributed by atoms with Gasteiger partial charge in [0.25, 0.3) is 0 Å². The van der Waals surface area contributed by atoms with E-state index in [9.17, 15) is 28.5 Å². The maximum Gasteiger partial charge on any atom is 0.414 e. The fraction of sp³-hybridized carbons (Fsp3) is 1.00. The Hall–Kier alpha value is -0.330. The van der Waals surface area contributed by atoms with E-state index in [0.717, 1.165) is 12.8 Å². The number of hydrogen-bond donors (Lipinski definition) is 3. The molecule has 4 unspecified atom stereocenters. The molecule has 0 saturated carbocycles. The molecule has 0 bridgehead atoms. The highest BCUT2D eigenvalue weighted by molar-refractivity contribution is 4.97. The Morgan fingerprint density at radius 2 is 1.10 bits per heavy atom. The van der Waals surface area contributed by atoms with E-state index in [-0.39, 0.29) is 29.6 Å². The standard InChI is InChI=1S/C24H47F3O3/c1-16(2)22(9,29)20(5,6)14-12-18(4)23(10,30)21(7,8)13-11-17(3)15-19(28)24(25,26)27/h16-19,28-30H,11-15H2,1-10H3/t17?,18?,19-,22?,23?/m0/s1. The summed E-state index contributed by atoms with van der Waals surface area (Å²) in [5, 5.41) is 31.5. The Morgan fingerprint density at radius 1 is 0.700 bits per heavy atom. The average molecular weight is 441 g/mol. The topological polar surface area (TPSA) is 60.7 Å². The second-order valence-corrected chi connectivity index (χ2v) is 11.6. The minimum Gasteiger partial charge on any atom is -0.389 e. The summed E-state index contributed by atoms with van der Waals surface area (Å²) >= 11 is 0. The molecule has 0 radical (unpaired) electrons. The molecule has 0 aliphatic rings. The van der Waals surface area contributed by atoms with Gasteiger partial charge in [0.1, 0.15) is 6.10 Å². The van der Waals surface area contributed by atoms with Gasteiger partial charge in [0.05, 0.1) is 11.2 Å². The summed E-state index contributed by atoms with van der Waals surface area (Å²) in [6.07, 6.45) is -4.68. The molecule has 0 heterocycles. The van der Waals surface area contributed by atoms with Crippen LogP contribution in [0.4, 0.5) is 13.2 Å². The first-order valence-corrected chi connectivity index (χ1v) is 11.3. The summed E-state index contributed by atoms with van der Waals surface area (Å²) in [5.74, 6) is -0.244. The van der Waals surface area contributed by atoms with Gasteiger partial charge in [-0.25, -0.2) is 0 Å². The third kappa shape index (κ3) is 7.37. The van der Waals surface area contributed by atoms with E-state index in [1.165, 1.54) is 0 Å². The van der Waals surface area contributed by atoms with E-state index in [2.05, 4.69) is 0 Å². The van der Waals surface area contributed by atoms with E-state index in [0.29, 0.717) is 12.8 Å². The van der Waals surface area contributed by atoms with Crippen molar-refractivity contribution in [1.82, 2.24) is 0 Å². The summed E-state index contributed by atoms with van der Waals surface area (Å²) in [6, 6.07) is 0. The van der Waals surface area contributed by atoms with Crippen LogP contribution in [-0.4, -0.2) is 38.8 Å². The van der Waals surface area contributed by atoms with E-state index < -0.39 is 28.9 Å². The molecule has 0 rings (SSSR count). The molecule has 5 atom stereocenters. The van der Waals surface area contributed by atoms with Crippen molar-refractivity contribution in [2.24, 2.45) is 28.6 Å². The Bertz CT molecular complexity index is 522. The summed E-state index contributed by atoms with van der Waals surface area (Å²) < 4.78 is 37.8. The van der Waals surface area contributed by atoms with E-state index in [1.54, 1.807) is 13.8 Å². The van der Waals surface area contributed by atoms with Gasteiger partial charge in [-0.1, -0.05) is 55.4 Å². The summed E-state index contributed by atoms with van der Waals surface area (Å²) in [5.41, 5.74) is -2.68. The van der Waals surface area contributed by atoms with Crippen LogP contribution in [0.25, 0.3) is 0 Å². The van der Waals surface area contributed by atoms with Gasteiger partial charge < -0.3 is 15.3 Å². The van der Waals surface area contributed by atoms with Gasteiger partial charge in [-0.3, -0.25) is 0 Å². The van der Waals surface area contributed by atoms with Crippen LogP contribution in [0.15, 0.2) is 0 Å². The number of halogens is 3. The lowest BCUT2D eigenvalue weighted by Gasteiger charge is -2.47. The molecule has 0 spiro atoms. The van der Waals surface area contributed by atoms with Gasteiger partial charge >= 0.3 is 6.18 Å². The molecule has 0 aromatic heterocycles. The third-order valence-corrected chi connectivity index (χ3v) is 8.29. The molecule has 0 aliphatic carbocycles. The molecule has 0 amide bonds. The van der Waals surface area contributed by atoms with Crippen molar-refractivity contribution < 1.29 is 28.5 Å². The molecular weight excluding hydrogens is 393 g/mol. The van der Waals surface area contributed by atoms with E-state index in [1.807, 2.05) is 55.4 Å². The lowest BCUT2D eigenvalue weighted by atomic mass is 9.62. The first-order valence-electron chi connectivity index (χ1n) is 11.3. The van der Waals surface area contributed by atoms with Crippen LogP contribution in [0.2, 0.25) is 0 Å². The second-order valence-electron chi connectivity index (χ2n) is 11.6. The maximum absolute atomic E-state index is 12.6. The average Bonchev–Trinajstić information content (AvgIpc) is 2.56. The van der Waals surface area contributed by atoms with Gasteiger partial charge in [0, 0.05) is 0 Å². The van der Waals surface area contributed by atoms with Crippen molar-refractivity contribution in [3.8, 4) is 0 Å². The van der Waals surface area contributed by atoms with Crippen LogP contribution in [0.1, 0.15) is 101 Å². The second kappa shape index (κ2) is 10.1. The van der Waals surface area contributed by atoms with Crippen molar-refractivity contribution in [3.05, 3.63) is 0 Å². The van der Waals surface area contributed by atoms with Crippen LogP contribution < -0.4 is 0 Å². The van der Waals surface area contributed by atoms with Gasteiger partial charge in [0.2, 0.25) is 0 Å². The Kier molecular flexibility index (Phi) is 9.97. The lowest BCUT2D eigenvalue weighted by Crippen LogP contribution is -2.49. The molecule has 3 N–H and O–H groups in total. The normalized spacial score (nSPS) is 21.1. The zero-order valence-corrected chi connectivity index (χ0v) is 20.8. The monoisotopic (exact) mass is 440 g/mol. The van der Waals surface area contributed by atoms with Crippen LogP contribution in [-0.2, 0) is 0 Å². The SMILES string of the molecule is CC(CCC(C)(C)C(C)(O)C(C)CCC(C)(C)C(C)(O)C(C)C)C[C@H](O)C(F)(F)F. The molecule has 0 aromatic carbocycles. The smallest absolute Gasteiger partial charge is 0.389 e. The van der Waals surface area contributed by atoms with Gasteiger partial charge in [-0.15, -0.1) is 0 Å². The van der Waals surface area contributed by atoms with Gasteiger partial charge in [-0.2, -0.15) is 13.2 Å². The van der Waals surface area contributed by atoms with E-state index >= 15 is 0 Å². The molecule has 3 nitrogen and oxygen atoms in total. The first kappa shape index (κ1) is 29.7. The number of alkyl halides is 3. The number of aliphatic hydroxyl groups excluding tert-OH is 1. The van der Waals surface area contributed by atoms with Crippen molar-refractivity contribution in [2.75, 3.05) is 0 Å². The third-order valence-electron chi connectivity index (χ3n) is 8.29. The molecule has 182 valence electrons. The van der Waals surface area contributed by atoms with Gasteiger partial charge in [-0.05, 0) is 74.5 Å². The first-order chi connectivity index (χ1) is 13.1. The highest BCUT2D eigenvalue weighted by atomic mass is 19.4. The summed E-state index contributed by atoms with van der Waals surface area (Å²) in [7, 11) is 0. The van der Waals surface area contributed by atoms with Crippen molar-refractivity contribution in [1.29, 1.82) is 0 Å². The minimum atomic E-state index is -4.59. The number of hydrogen-bond acceptors (Lipinski definition) is 3. The molecule has 0 saturated heterocycles. The predicted octanol–water partition coefficient (Wildman–Crippen LogP) is 6.34. The van der Waals surface area contributed by atoms with Crippen molar-refractivity contribution >= 4 is 0 Å². The lowest BCUT2D eigenvalue weighted by molar-refractivity contribution is -0.208. The Morgan fingerprint density at radius 3 is 1.50 bits per heavy atom. The maximum atomic E-state index is 12.6. The minimum absolute atomic E-state index is 0.0502. The molecule has 0 aliphatic heterocycles. The molecule has 0 fully saturated rings. The van der Waals surface area contributed by atoms with Crippen molar-refractivity contribution in [2.45, 2.75) is 125 Å². The van der Waals surface area contributed by atoms with Gasteiger partial charge in [0.15, 0.2) is 0 Å². The Balaban J connectivity index is 5.01. The molecule has 6 heteroatoms. The zero-order valence-electron chi connectivity index (χ0n) is 20.8. The van der Waals surface area contributed by atoms with Crippen LogP contribution in [0, 0.1) is 28.6 Å². The molecular formula is C24H47F3O3. The molecule has 30 heavy (non-hydrogen) atoms. The quantitative estimate of drug-likeness (QED) is 0.332. The van der Waals surface area contributed by atoms with E-state index in [4.69, 9.17) is 0 Å². The predicted molar refractivity (Wildman–Crippen MR) is 117 cm³/mol. The van der Waals surface area contributed by atoms with Crippen LogP contribution in [0.5, 0.6) is 0 Å². The largest absolute Gasteiger partial charge is 0.414 e. The van der Waals surface area contributed by atoms with Crippen molar-refractivity contribution in [3.63, 3.8) is 0 Å². The highest BCUT2D eigenvalue weighted by Gasteiger charge is 2.46. The number of rotatable bonds is 12. The molecule has 0 aromatic rings. The zero-order chi connectivity index (χ0) is 24.3. The fourth-order valence-corrected chi connectivity index (χ4v) is 4.05. The highest BCUT2D eigenvalue weighted by Crippen LogP contribution is 2.46. The van der Waals surface area contributed by atoms with Crippen LogP contribution in [0.3, 0.4) is 0 Å². The number of aliphatic hydroxyl groups is 3. The Labute approximate surface area is 182 Å². The van der Waals surface area contributed by atoms with Crippen LogP contribution >= 0.6 is 0 Å².